The Morgan fingerprint density at radius 2 is 1.90 bits per heavy atom. The van der Waals surface area contributed by atoms with E-state index in [9.17, 15) is 9.18 Å². The lowest BCUT2D eigenvalue weighted by atomic mass is 10.1. The highest BCUT2D eigenvalue weighted by molar-refractivity contribution is 5.74. The average molecular weight is 397 g/mol. The minimum absolute atomic E-state index is 0.198. The number of carbonyl (C=O) groups excluding carboxylic acids is 1. The number of amides is 2. The SMILES string of the molecule is CCNC(=O)N(Cc1ccc2c(c1)OCO2)Cc1cc(-c2ccc(F)cc2)on1. The number of rotatable bonds is 6. The summed E-state index contributed by atoms with van der Waals surface area (Å²) in [6.45, 7) is 3.19. The van der Waals surface area contributed by atoms with E-state index in [0.29, 0.717) is 41.6 Å². The standard InChI is InChI=1S/C21H20FN3O4/c1-2-23-21(26)25(11-14-3-8-18-20(9-14)28-13-27-18)12-17-10-19(29-24-17)15-4-6-16(22)7-5-15/h3-10H,2,11-13H2,1H3,(H,23,26). The van der Waals surface area contributed by atoms with Gasteiger partial charge in [-0.3, -0.25) is 0 Å². The molecule has 1 aliphatic rings. The number of ether oxygens (including phenoxy) is 2. The van der Waals surface area contributed by atoms with Gasteiger partial charge in [-0.25, -0.2) is 9.18 Å². The molecule has 8 heteroatoms. The maximum atomic E-state index is 13.1. The molecule has 0 atom stereocenters. The number of hydrogen-bond donors (Lipinski definition) is 1. The minimum atomic E-state index is -0.320. The molecule has 1 aromatic heterocycles. The summed E-state index contributed by atoms with van der Waals surface area (Å²) < 4.78 is 29.2. The third-order valence-electron chi connectivity index (χ3n) is 4.47. The lowest BCUT2D eigenvalue weighted by molar-refractivity contribution is 0.173. The van der Waals surface area contributed by atoms with E-state index in [1.54, 1.807) is 23.1 Å². The zero-order valence-corrected chi connectivity index (χ0v) is 15.9. The van der Waals surface area contributed by atoms with E-state index in [4.69, 9.17) is 14.0 Å². The van der Waals surface area contributed by atoms with Crippen LogP contribution in [0, 0.1) is 5.82 Å². The van der Waals surface area contributed by atoms with Gasteiger partial charge < -0.3 is 24.2 Å². The molecule has 2 heterocycles. The lowest BCUT2D eigenvalue weighted by Crippen LogP contribution is -2.39. The molecule has 0 unspecified atom stereocenters. The first-order valence-electron chi connectivity index (χ1n) is 9.25. The number of urea groups is 1. The van der Waals surface area contributed by atoms with E-state index >= 15 is 0 Å². The second-order valence-corrected chi connectivity index (χ2v) is 6.57. The number of nitrogens with one attached hydrogen (secondary N) is 1. The Morgan fingerprint density at radius 1 is 1.10 bits per heavy atom. The monoisotopic (exact) mass is 397 g/mol. The third kappa shape index (κ3) is 4.31. The summed E-state index contributed by atoms with van der Waals surface area (Å²) in [5, 5.41) is 6.88. The lowest BCUT2D eigenvalue weighted by Gasteiger charge is -2.22. The molecule has 2 aromatic carbocycles. The fourth-order valence-electron chi connectivity index (χ4n) is 3.05. The van der Waals surface area contributed by atoms with Crippen LogP contribution in [-0.4, -0.2) is 29.4 Å². The van der Waals surface area contributed by atoms with Gasteiger partial charge in [0.25, 0.3) is 0 Å². The van der Waals surface area contributed by atoms with Crippen LogP contribution in [0.4, 0.5) is 9.18 Å². The summed E-state index contributed by atoms with van der Waals surface area (Å²) in [7, 11) is 0. The van der Waals surface area contributed by atoms with Gasteiger partial charge in [0.05, 0.1) is 6.54 Å². The van der Waals surface area contributed by atoms with E-state index < -0.39 is 0 Å². The van der Waals surface area contributed by atoms with E-state index in [-0.39, 0.29) is 25.2 Å². The Kier molecular flexibility index (Phi) is 5.33. The van der Waals surface area contributed by atoms with Crippen molar-refractivity contribution in [2.45, 2.75) is 20.0 Å². The van der Waals surface area contributed by atoms with Crippen LogP contribution >= 0.6 is 0 Å². The molecule has 1 N–H and O–H groups in total. The smallest absolute Gasteiger partial charge is 0.318 e. The highest BCUT2D eigenvalue weighted by atomic mass is 19.1. The maximum Gasteiger partial charge on any atom is 0.318 e. The molecule has 7 nitrogen and oxygen atoms in total. The van der Waals surface area contributed by atoms with Gasteiger partial charge in [0.1, 0.15) is 11.5 Å². The highest BCUT2D eigenvalue weighted by Gasteiger charge is 2.19. The first-order chi connectivity index (χ1) is 14.1. The number of fused-ring (bicyclic) bond motifs is 1. The fraction of sp³-hybridized carbons (Fsp3) is 0.238. The van der Waals surface area contributed by atoms with Crippen LogP contribution in [0.25, 0.3) is 11.3 Å². The minimum Gasteiger partial charge on any atom is -0.454 e. The molecule has 29 heavy (non-hydrogen) atoms. The largest absolute Gasteiger partial charge is 0.454 e. The molecule has 2 amide bonds. The summed E-state index contributed by atoms with van der Waals surface area (Å²) >= 11 is 0. The molecule has 0 aliphatic carbocycles. The van der Waals surface area contributed by atoms with Crippen LogP contribution in [0.3, 0.4) is 0 Å². The highest BCUT2D eigenvalue weighted by Crippen LogP contribution is 2.33. The van der Waals surface area contributed by atoms with Crippen molar-refractivity contribution >= 4 is 6.03 Å². The Balaban J connectivity index is 1.51. The van der Waals surface area contributed by atoms with Crippen molar-refractivity contribution in [3.63, 3.8) is 0 Å². The Labute approximate surface area is 167 Å². The summed E-state index contributed by atoms with van der Waals surface area (Å²) in [5.41, 5.74) is 2.21. The summed E-state index contributed by atoms with van der Waals surface area (Å²) in [4.78, 5) is 14.2. The molecule has 150 valence electrons. The van der Waals surface area contributed by atoms with Crippen molar-refractivity contribution < 1.29 is 23.2 Å². The van der Waals surface area contributed by atoms with E-state index in [0.717, 1.165) is 5.56 Å². The van der Waals surface area contributed by atoms with Crippen molar-refractivity contribution in [1.29, 1.82) is 0 Å². The Morgan fingerprint density at radius 3 is 2.69 bits per heavy atom. The predicted octanol–water partition coefficient (Wildman–Crippen LogP) is 3.94. The topological polar surface area (TPSA) is 76.8 Å². The molecular weight excluding hydrogens is 377 g/mol. The summed E-state index contributed by atoms with van der Waals surface area (Å²) in [6, 6.07) is 13.1. The summed E-state index contributed by atoms with van der Waals surface area (Å²) in [6.07, 6.45) is 0. The van der Waals surface area contributed by atoms with Crippen LogP contribution in [0.2, 0.25) is 0 Å². The Bertz CT molecular complexity index is 1000. The third-order valence-corrected chi connectivity index (χ3v) is 4.47. The number of nitrogens with zero attached hydrogens (tertiary/aromatic N) is 2. The first-order valence-corrected chi connectivity index (χ1v) is 9.25. The van der Waals surface area contributed by atoms with Crippen molar-refractivity contribution in [3.05, 3.63) is 65.6 Å². The zero-order valence-electron chi connectivity index (χ0n) is 15.9. The van der Waals surface area contributed by atoms with Gasteiger partial charge in [0, 0.05) is 24.7 Å². The molecule has 1 aliphatic heterocycles. The number of aromatic nitrogens is 1. The van der Waals surface area contributed by atoms with Gasteiger partial charge in [0.2, 0.25) is 6.79 Å². The molecule has 3 aromatic rings. The molecule has 0 radical (unpaired) electrons. The maximum absolute atomic E-state index is 13.1. The number of hydrogen-bond acceptors (Lipinski definition) is 5. The number of halogens is 1. The van der Waals surface area contributed by atoms with Crippen molar-refractivity contribution in [2.75, 3.05) is 13.3 Å². The molecule has 0 fully saturated rings. The van der Waals surface area contributed by atoms with Gasteiger partial charge in [-0.1, -0.05) is 11.2 Å². The molecular formula is C21H20FN3O4. The van der Waals surface area contributed by atoms with Gasteiger partial charge in [-0.15, -0.1) is 0 Å². The van der Waals surface area contributed by atoms with Crippen LogP contribution < -0.4 is 14.8 Å². The normalized spacial score (nSPS) is 12.1. The second-order valence-electron chi connectivity index (χ2n) is 6.57. The van der Waals surface area contributed by atoms with Gasteiger partial charge >= 0.3 is 6.03 Å². The van der Waals surface area contributed by atoms with Crippen molar-refractivity contribution in [1.82, 2.24) is 15.4 Å². The fourth-order valence-corrected chi connectivity index (χ4v) is 3.05. The molecule has 0 spiro atoms. The number of benzene rings is 2. The van der Waals surface area contributed by atoms with E-state index in [1.165, 1.54) is 12.1 Å². The quantitative estimate of drug-likeness (QED) is 0.682. The molecule has 0 saturated heterocycles. The molecule has 0 bridgehead atoms. The van der Waals surface area contributed by atoms with E-state index in [2.05, 4.69) is 10.5 Å². The zero-order chi connectivity index (χ0) is 20.2. The van der Waals surface area contributed by atoms with Crippen molar-refractivity contribution in [2.24, 2.45) is 0 Å². The number of carbonyl (C=O) groups is 1. The van der Waals surface area contributed by atoms with Gasteiger partial charge in [-0.05, 0) is 48.9 Å². The van der Waals surface area contributed by atoms with Gasteiger partial charge in [0.15, 0.2) is 17.3 Å². The first kappa shape index (κ1) is 18.8. The van der Waals surface area contributed by atoms with Crippen LogP contribution in [0.15, 0.2) is 53.1 Å². The predicted molar refractivity (Wildman–Crippen MR) is 103 cm³/mol. The van der Waals surface area contributed by atoms with Crippen LogP contribution in [0.5, 0.6) is 11.5 Å². The van der Waals surface area contributed by atoms with Crippen molar-refractivity contribution in [3.8, 4) is 22.8 Å². The Hall–Kier alpha value is -3.55. The second kappa shape index (κ2) is 8.22. The van der Waals surface area contributed by atoms with Crippen LogP contribution in [0.1, 0.15) is 18.2 Å². The van der Waals surface area contributed by atoms with Crippen LogP contribution in [-0.2, 0) is 13.1 Å². The van der Waals surface area contributed by atoms with Gasteiger partial charge in [-0.2, -0.15) is 0 Å². The summed E-state index contributed by atoms with van der Waals surface area (Å²) in [5.74, 6) is 1.55. The average Bonchev–Trinajstić information content (AvgIpc) is 3.37. The molecule has 0 saturated carbocycles. The van der Waals surface area contributed by atoms with E-state index in [1.807, 2.05) is 25.1 Å². The molecule has 4 rings (SSSR count).